The molecule has 4 heterocycles. The molecule has 2 saturated heterocycles. The predicted octanol–water partition coefficient (Wildman–Crippen LogP) is 2.21. The summed E-state index contributed by atoms with van der Waals surface area (Å²) in [5, 5.41) is 9.09. The summed E-state index contributed by atoms with van der Waals surface area (Å²) in [6.07, 6.45) is 2.74. The monoisotopic (exact) mass is 318 g/mol. The largest absolute Gasteiger partial charge is 0.354 e. The summed E-state index contributed by atoms with van der Waals surface area (Å²) in [5.41, 5.74) is 0. The van der Waals surface area contributed by atoms with E-state index in [0.717, 1.165) is 17.7 Å². The second-order valence-electron chi connectivity index (χ2n) is 5.95. The van der Waals surface area contributed by atoms with Crippen LogP contribution in [-0.2, 0) is 4.79 Å². The van der Waals surface area contributed by atoms with Crippen LogP contribution in [0.1, 0.15) is 38.1 Å². The molecule has 116 valence electrons. The highest BCUT2D eigenvalue weighted by atomic mass is 32.1. The van der Waals surface area contributed by atoms with E-state index in [4.69, 9.17) is 4.52 Å². The molecule has 0 aromatic carbocycles. The van der Waals surface area contributed by atoms with Gasteiger partial charge in [-0.25, -0.2) is 0 Å². The smallest absolute Gasteiger partial charge is 0.244 e. The van der Waals surface area contributed by atoms with Crippen LogP contribution in [0.3, 0.4) is 0 Å². The number of carbonyl (C=O) groups is 1. The molecule has 2 aliphatic heterocycles. The Hall–Kier alpha value is -1.73. The molecule has 1 amide bonds. The van der Waals surface area contributed by atoms with E-state index in [1.807, 2.05) is 17.5 Å². The van der Waals surface area contributed by atoms with Crippen molar-refractivity contribution in [2.24, 2.45) is 0 Å². The maximum atomic E-state index is 11.7. The van der Waals surface area contributed by atoms with Crippen molar-refractivity contribution in [3.63, 3.8) is 0 Å². The van der Waals surface area contributed by atoms with Crippen LogP contribution >= 0.6 is 11.3 Å². The third-order valence-corrected chi connectivity index (χ3v) is 5.49. The van der Waals surface area contributed by atoms with Gasteiger partial charge in [0.15, 0.2) is 0 Å². The SMILES string of the molecule is CC(c1nc(-c2cccs2)no1)N1C2CCC1CC(=O)NC2. The van der Waals surface area contributed by atoms with Crippen molar-refractivity contribution in [1.82, 2.24) is 20.4 Å². The van der Waals surface area contributed by atoms with Crippen molar-refractivity contribution < 1.29 is 9.32 Å². The number of amides is 1. The highest BCUT2D eigenvalue weighted by Crippen LogP contribution is 2.36. The molecule has 3 unspecified atom stereocenters. The highest BCUT2D eigenvalue weighted by molar-refractivity contribution is 7.13. The molecule has 2 bridgehead atoms. The number of thiophene rings is 1. The molecule has 2 fully saturated rings. The lowest BCUT2D eigenvalue weighted by Crippen LogP contribution is -2.39. The number of rotatable bonds is 3. The summed E-state index contributed by atoms with van der Waals surface area (Å²) >= 11 is 1.60. The Morgan fingerprint density at radius 1 is 1.45 bits per heavy atom. The lowest BCUT2D eigenvalue weighted by molar-refractivity contribution is -0.121. The highest BCUT2D eigenvalue weighted by Gasteiger charge is 2.41. The van der Waals surface area contributed by atoms with Crippen molar-refractivity contribution in [3.05, 3.63) is 23.4 Å². The van der Waals surface area contributed by atoms with Gasteiger partial charge in [0.1, 0.15) is 0 Å². The van der Waals surface area contributed by atoms with Gasteiger partial charge in [-0.1, -0.05) is 11.2 Å². The van der Waals surface area contributed by atoms with Crippen LogP contribution in [0.5, 0.6) is 0 Å². The summed E-state index contributed by atoms with van der Waals surface area (Å²) in [5.74, 6) is 1.43. The molecule has 4 rings (SSSR count). The Morgan fingerprint density at radius 2 is 2.32 bits per heavy atom. The van der Waals surface area contributed by atoms with Gasteiger partial charge in [-0.05, 0) is 31.2 Å². The Balaban J connectivity index is 1.59. The van der Waals surface area contributed by atoms with E-state index >= 15 is 0 Å². The van der Waals surface area contributed by atoms with Crippen molar-refractivity contribution >= 4 is 17.2 Å². The second kappa shape index (κ2) is 5.48. The molecule has 2 aromatic rings. The Labute approximate surface area is 132 Å². The average molecular weight is 318 g/mol. The second-order valence-corrected chi connectivity index (χ2v) is 6.90. The van der Waals surface area contributed by atoms with Crippen LogP contribution in [0, 0.1) is 0 Å². The van der Waals surface area contributed by atoms with Crippen LogP contribution in [0.25, 0.3) is 10.7 Å². The zero-order chi connectivity index (χ0) is 15.1. The van der Waals surface area contributed by atoms with Crippen LogP contribution in [-0.4, -0.2) is 39.6 Å². The molecule has 0 aliphatic carbocycles. The van der Waals surface area contributed by atoms with Crippen LogP contribution in [0.4, 0.5) is 0 Å². The van der Waals surface area contributed by atoms with Gasteiger partial charge in [-0.2, -0.15) is 4.98 Å². The Morgan fingerprint density at radius 3 is 3.14 bits per heavy atom. The first-order chi connectivity index (χ1) is 10.7. The van der Waals surface area contributed by atoms with Gasteiger partial charge >= 0.3 is 0 Å². The molecule has 2 aliphatic rings. The van der Waals surface area contributed by atoms with Gasteiger partial charge < -0.3 is 9.84 Å². The van der Waals surface area contributed by atoms with Gasteiger partial charge in [-0.15, -0.1) is 11.3 Å². The molecule has 0 radical (unpaired) electrons. The molecular weight excluding hydrogens is 300 g/mol. The third kappa shape index (κ3) is 2.34. The van der Waals surface area contributed by atoms with Crippen molar-refractivity contribution in [3.8, 4) is 10.7 Å². The predicted molar refractivity (Wildman–Crippen MR) is 82.3 cm³/mol. The Kier molecular flexibility index (Phi) is 3.46. The van der Waals surface area contributed by atoms with E-state index in [1.165, 1.54) is 0 Å². The number of hydrogen-bond acceptors (Lipinski definition) is 6. The lowest BCUT2D eigenvalue weighted by Gasteiger charge is -2.30. The van der Waals surface area contributed by atoms with Gasteiger partial charge in [0, 0.05) is 25.0 Å². The minimum atomic E-state index is 0.0337. The van der Waals surface area contributed by atoms with Crippen molar-refractivity contribution in [1.29, 1.82) is 0 Å². The fourth-order valence-corrected chi connectivity index (χ4v) is 4.23. The summed E-state index contributed by atoms with van der Waals surface area (Å²) in [6.45, 7) is 2.80. The number of nitrogens with one attached hydrogen (secondary N) is 1. The first-order valence-electron chi connectivity index (χ1n) is 7.64. The van der Waals surface area contributed by atoms with E-state index in [1.54, 1.807) is 11.3 Å². The molecule has 22 heavy (non-hydrogen) atoms. The number of fused-ring (bicyclic) bond motifs is 2. The topological polar surface area (TPSA) is 71.3 Å². The van der Waals surface area contributed by atoms with Gasteiger partial charge in [0.2, 0.25) is 17.6 Å². The molecule has 1 N–H and O–H groups in total. The average Bonchev–Trinajstić information content (AvgIpc) is 3.21. The molecule has 2 aromatic heterocycles. The van der Waals surface area contributed by atoms with Crippen LogP contribution < -0.4 is 5.32 Å². The zero-order valence-electron chi connectivity index (χ0n) is 12.4. The number of carbonyl (C=O) groups excluding carboxylic acids is 1. The fourth-order valence-electron chi connectivity index (χ4n) is 3.58. The first kappa shape index (κ1) is 13.9. The summed E-state index contributed by atoms with van der Waals surface area (Å²) < 4.78 is 5.49. The molecule has 6 nitrogen and oxygen atoms in total. The van der Waals surface area contributed by atoms with E-state index in [-0.39, 0.29) is 18.0 Å². The van der Waals surface area contributed by atoms with Crippen molar-refractivity contribution in [2.75, 3.05) is 6.54 Å². The lowest BCUT2D eigenvalue weighted by atomic mass is 10.1. The fraction of sp³-hybridized carbons (Fsp3) is 0.533. The molecule has 7 heteroatoms. The Bertz CT molecular complexity index is 669. The zero-order valence-corrected chi connectivity index (χ0v) is 13.2. The minimum Gasteiger partial charge on any atom is -0.354 e. The molecule has 3 atom stereocenters. The minimum absolute atomic E-state index is 0.0337. The molecular formula is C15H18N4O2S. The first-order valence-corrected chi connectivity index (χ1v) is 8.52. The van der Waals surface area contributed by atoms with E-state index < -0.39 is 0 Å². The summed E-state index contributed by atoms with van der Waals surface area (Å²) in [4.78, 5) is 19.7. The van der Waals surface area contributed by atoms with Gasteiger partial charge in [0.05, 0.1) is 10.9 Å². The maximum Gasteiger partial charge on any atom is 0.244 e. The van der Waals surface area contributed by atoms with Crippen LogP contribution in [0.2, 0.25) is 0 Å². The standard InChI is InChI=1S/C15H18N4O2S/c1-9(15-17-14(18-21-15)12-3-2-6-22-12)19-10-4-5-11(19)8-16-13(20)7-10/h2-3,6,9-11H,4-5,7-8H2,1H3,(H,16,20). The quantitative estimate of drug-likeness (QED) is 0.939. The van der Waals surface area contributed by atoms with E-state index in [0.29, 0.717) is 30.7 Å². The molecule has 0 saturated carbocycles. The number of nitrogens with zero attached hydrogens (tertiary/aromatic N) is 3. The van der Waals surface area contributed by atoms with E-state index in [9.17, 15) is 4.79 Å². The van der Waals surface area contributed by atoms with Gasteiger partial charge in [-0.3, -0.25) is 9.69 Å². The normalized spacial score (nSPS) is 26.7. The number of aromatic nitrogens is 2. The van der Waals surface area contributed by atoms with Crippen molar-refractivity contribution in [2.45, 2.75) is 44.3 Å². The summed E-state index contributed by atoms with van der Waals surface area (Å²) in [7, 11) is 0. The van der Waals surface area contributed by atoms with Crippen LogP contribution in [0.15, 0.2) is 22.0 Å². The maximum absolute atomic E-state index is 11.7. The molecule has 0 spiro atoms. The summed E-state index contributed by atoms with van der Waals surface area (Å²) in [6, 6.07) is 4.64. The number of hydrogen-bond donors (Lipinski definition) is 1. The third-order valence-electron chi connectivity index (χ3n) is 4.62. The van der Waals surface area contributed by atoms with E-state index in [2.05, 4.69) is 27.3 Å². The van der Waals surface area contributed by atoms with Gasteiger partial charge in [0.25, 0.3) is 0 Å².